The van der Waals surface area contributed by atoms with E-state index in [1.165, 1.54) is 7.11 Å². The Morgan fingerprint density at radius 3 is 2.75 bits per heavy atom. The first-order valence-corrected chi connectivity index (χ1v) is 4.49. The normalized spacial score (nSPS) is 29.8. The molecule has 0 unspecified atom stereocenters. The van der Waals surface area contributed by atoms with E-state index >= 15 is 0 Å². The maximum atomic E-state index is 10.9. The van der Waals surface area contributed by atoms with Gasteiger partial charge in [-0.2, -0.15) is 0 Å². The molecule has 1 aliphatic carbocycles. The predicted molar refractivity (Wildman–Crippen MR) is 44.6 cm³/mol. The zero-order valence-electron chi connectivity index (χ0n) is 7.45. The molecule has 0 aromatic heterocycles. The van der Waals surface area contributed by atoms with Crippen LogP contribution < -0.4 is 0 Å². The topological polar surface area (TPSA) is 46.5 Å². The summed E-state index contributed by atoms with van der Waals surface area (Å²) in [6.07, 6.45) is 4.07. The molecule has 1 N–H and O–H groups in total. The number of carbonyl (C=O) groups excluding carboxylic acids is 1. The van der Waals surface area contributed by atoms with Crippen molar-refractivity contribution in [1.29, 1.82) is 0 Å². The molecule has 0 aliphatic heterocycles. The van der Waals surface area contributed by atoms with Gasteiger partial charge >= 0.3 is 5.97 Å². The number of esters is 1. The highest BCUT2D eigenvalue weighted by Crippen LogP contribution is 2.26. The second-order valence-electron chi connectivity index (χ2n) is 3.39. The zero-order chi connectivity index (χ0) is 8.97. The molecule has 0 amide bonds. The lowest BCUT2D eigenvalue weighted by Crippen LogP contribution is -2.26. The lowest BCUT2D eigenvalue weighted by molar-refractivity contribution is -0.143. The summed E-state index contributed by atoms with van der Waals surface area (Å²) in [7, 11) is 1.39. The molecule has 3 heteroatoms. The van der Waals surface area contributed by atoms with E-state index in [9.17, 15) is 9.90 Å². The smallest absolute Gasteiger partial charge is 0.305 e. The summed E-state index contributed by atoms with van der Waals surface area (Å²) in [5, 5.41) is 9.51. The lowest BCUT2D eigenvalue weighted by Gasteiger charge is -2.26. The van der Waals surface area contributed by atoms with Gasteiger partial charge in [0, 0.05) is 0 Å². The molecule has 0 saturated heterocycles. The van der Waals surface area contributed by atoms with Crippen LogP contribution in [0.4, 0.5) is 0 Å². The minimum Gasteiger partial charge on any atom is -0.469 e. The number of rotatable bonds is 2. The van der Waals surface area contributed by atoms with E-state index in [0.717, 1.165) is 25.7 Å². The molecule has 1 rings (SSSR count). The van der Waals surface area contributed by atoms with Gasteiger partial charge in [0.25, 0.3) is 0 Å². The molecule has 1 aliphatic rings. The Kier molecular flexibility index (Phi) is 3.53. The molecule has 0 aromatic rings. The summed E-state index contributed by atoms with van der Waals surface area (Å²) in [6.45, 7) is 0. The van der Waals surface area contributed by atoms with Crippen molar-refractivity contribution in [2.24, 2.45) is 5.92 Å². The Bertz CT molecular complexity index is 156. The maximum absolute atomic E-state index is 10.9. The van der Waals surface area contributed by atoms with Gasteiger partial charge in [0.1, 0.15) is 0 Å². The van der Waals surface area contributed by atoms with E-state index < -0.39 is 0 Å². The first-order chi connectivity index (χ1) is 5.74. The van der Waals surface area contributed by atoms with E-state index in [1.807, 2.05) is 0 Å². The second-order valence-corrected chi connectivity index (χ2v) is 3.39. The Labute approximate surface area is 72.7 Å². The van der Waals surface area contributed by atoms with Gasteiger partial charge in [-0.25, -0.2) is 0 Å². The molecule has 0 bridgehead atoms. The number of hydrogen-bond donors (Lipinski definition) is 1. The number of ether oxygens (including phenoxy) is 1. The monoisotopic (exact) mass is 172 g/mol. The van der Waals surface area contributed by atoms with Crippen LogP contribution in [0.3, 0.4) is 0 Å². The molecule has 0 aromatic carbocycles. The number of hydrogen-bond acceptors (Lipinski definition) is 3. The van der Waals surface area contributed by atoms with Crippen LogP contribution in [-0.2, 0) is 9.53 Å². The molecule has 1 saturated carbocycles. The van der Waals surface area contributed by atoms with Crippen LogP contribution in [-0.4, -0.2) is 24.3 Å². The molecule has 2 atom stereocenters. The number of carbonyl (C=O) groups is 1. The van der Waals surface area contributed by atoms with Crippen LogP contribution in [0.1, 0.15) is 32.1 Å². The molecule has 0 radical (unpaired) electrons. The van der Waals surface area contributed by atoms with Crippen molar-refractivity contribution in [3.05, 3.63) is 0 Å². The van der Waals surface area contributed by atoms with Crippen LogP contribution in [0.2, 0.25) is 0 Å². The fraction of sp³-hybridized carbons (Fsp3) is 0.889. The van der Waals surface area contributed by atoms with Crippen molar-refractivity contribution < 1.29 is 14.6 Å². The zero-order valence-corrected chi connectivity index (χ0v) is 7.45. The highest BCUT2D eigenvalue weighted by molar-refractivity contribution is 5.69. The van der Waals surface area contributed by atoms with Crippen molar-refractivity contribution in [3.63, 3.8) is 0 Å². The SMILES string of the molecule is COC(=O)C[C@H]1CCCC[C@@H]1O. The quantitative estimate of drug-likeness (QED) is 0.634. The van der Waals surface area contributed by atoms with Crippen LogP contribution in [0.25, 0.3) is 0 Å². The fourth-order valence-corrected chi connectivity index (χ4v) is 1.72. The van der Waals surface area contributed by atoms with Gasteiger partial charge in [0.05, 0.1) is 19.6 Å². The van der Waals surface area contributed by atoms with Crippen LogP contribution in [0.15, 0.2) is 0 Å². The van der Waals surface area contributed by atoms with E-state index in [2.05, 4.69) is 4.74 Å². The molecule has 12 heavy (non-hydrogen) atoms. The van der Waals surface area contributed by atoms with E-state index in [4.69, 9.17) is 0 Å². The summed E-state index contributed by atoms with van der Waals surface area (Å²) >= 11 is 0. The average molecular weight is 172 g/mol. The number of methoxy groups -OCH3 is 1. The molecule has 1 fully saturated rings. The maximum Gasteiger partial charge on any atom is 0.305 e. The van der Waals surface area contributed by atoms with Crippen LogP contribution >= 0.6 is 0 Å². The third-order valence-corrected chi connectivity index (χ3v) is 2.53. The lowest BCUT2D eigenvalue weighted by atomic mass is 9.84. The Balaban J connectivity index is 2.33. The van der Waals surface area contributed by atoms with Gasteiger partial charge in [0.2, 0.25) is 0 Å². The fourth-order valence-electron chi connectivity index (χ4n) is 1.72. The van der Waals surface area contributed by atoms with Crippen LogP contribution in [0.5, 0.6) is 0 Å². The molecule has 0 spiro atoms. The highest BCUT2D eigenvalue weighted by atomic mass is 16.5. The van der Waals surface area contributed by atoms with Crippen LogP contribution in [0, 0.1) is 5.92 Å². The first-order valence-electron chi connectivity index (χ1n) is 4.49. The van der Waals surface area contributed by atoms with E-state index in [0.29, 0.717) is 6.42 Å². The Morgan fingerprint density at radius 1 is 1.50 bits per heavy atom. The highest BCUT2D eigenvalue weighted by Gasteiger charge is 2.25. The largest absolute Gasteiger partial charge is 0.469 e. The van der Waals surface area contributed by atoms with Gasteiger partial charge in [-0.3, -0.25) is 4.79 Å². The van der Waals surface area contributed by atoms with Crippen molar-refractivity contribution in [3.8, 4) is 0 Å². The van der Waals surface area contributed by atoms with Crippen molar-refractivity contribution in [2.75, 3.05) is 7.11 Å². The summed E-state index contributed by atoms with van der Waals surface area (Å²) in [5.74, 6) is -0.0767. The third-order valence-electron chi connectivity index (χ3n) is 2.53. The Morgan fingerprint density at radius 2 is 2.17 bits per heavy atom. The molecule has 0 heterocycles. The van der Waals surface area contributed by atoms with Gasteiger partial charge < -0.3 is 9.84 Å². The summed E-state index contributed by atoms with van der Waals surface area (Å²) in [4.78, 5) is 10.9. The molecule has 70 valence electrons. The van der Waals surface area contributed by atoms with Crippen molar-refractivity contribution in [1.82, 2.24) is 0 Å². The minimum absolute atomic E-state index is 0.131. The van der Waals surface area contributed by atoms with Crippen molar-refractivity contribution in [2.45, 2.75) is 38.2 Å². The second kappa shape index (κ2) is 4.45. The third kappa shape index (κ3) is 2.48. The van der Waals surface area contributed by atoms with Gasteiger partial charge in [-0.1, -0.05) is 12.8 Å². The summed E-state index contributed by atoms with van der Waals surface area (Å²) in [5.41, 5.74) is 0. The minimum atomic E-state index is -0.294. The molecular formula is C9H16O3. The van der Waals surface area contributed by atoms with Gasteiger partial charge in [0.15, 0.2) is 0 Å². The standard InChI is InChI=1S/C9H16O3/c1-12-9(11)6-7-4-2-3-5-8(7)10/h7-8,10H,2-6H2,1H3/t7-,8+/m1/s1. The average Bonchev–Trinajstić information content (AvgIpc) is 2.09. The van der Waals surface area contributed by atoms with E-state index in [1.54, 1.807) is 0 Å². The first kappa shape index (κ1) is 9.52. The number of aliphatic hydroxyl groups excluding tert-OH is 1. The predicted octanol–water partition coefficient (Wildman–Crippen LogP) is 1.10. The van der Waals surface area contributed by atoms with Crippen molar-refractivity contribution >= 4 is 5.97 Å². The number of aliphatic hydroxyl groups is 1. The summed E-state index contributed by atoms with van der Waals surface area (Å²) < 4.78 is 4.55. The van der Waals surface area contributed by atoms with Gasteiger partial charge in [-0.15, -0.1) is 0 Å². The molecule has 3 nitrogen and oxygen atoms in total. The molecular weight excluding hydrogens is 156 g/mol. The van der Waals surface area contributed by atoms with E-state index in [-0.39, 0.29) is 18.0 Å². The summed E-state index contributed by atoms with van der Waals surface area (Å²) in [6, 6.07) is 0. The van der Waals surface area contributed by atoms with Gasteiger partial charge in [-0.05, 0) is 18.8 Å². The Hall–Kier alpha value is -0.570.